The summed E-state index contributed by atoms with van der Waals surface area (Å²) in [6, 6.07) is 12.0. The first-order valence-electron chi connectivity index (χ1n) is 9.45. The van der Waals surface area contributed by atoms with Crippen LogP contribution < -0.4 is 21.1 Å². The number of halogens is 4. The number of ether oxygens (including phenoxy) is 1. The van der Waals surface area contributed by atoms with Crippen molar-refractivity contribution in [1.82, 2.24) is 5.16 Å². The quantitative estimate of drug-likeness (QED) is 0.383. The first kappa shape index (κ1) is 21.9. The maximum atomic E-state index is 14.4. The Morgan fingerprint density at radius 2 is 1.79 bits per heavy atom. The van der Waals surface area contributed by atoms with E-state index in [9.17, 15) is 22.4 Å². The van der Waals surface area contributed by atoms with Crippen molar-refractivity contribution in [2.24, 2.45) is 5.73 Å². The van der Waals surface area contributed by atoms with Crippen molar-refractivity contribution in [2.45, 2.75) is 13.3 Å². The molecule has 170 valence electrons. The van der Waals surface area contributed by atoms with Crippen molar-refractivity contribution in [3.63, 3.8) is 0 Å². The molecular weight excluding hydrogens is 444 g/mol. The molecule has 0 saturated heterocycles. The largest absolute Gasteiger partial charge is 0.573 e. The average Bonchev–Trinajstić information content (AvgIpc) is 3.13. The van der Waals surface area contributed by atoms with Gasteiger partial charge in [0.15, 0.2) is 11.6 Å². The lowest BCUT2D eigenvalue weighted by atomic mass is 10.0. The van der Waals surface area contributed by atoms with Gasteiger partial charge in [-0.2, -0.15) is 0 Å². The van der Waals surface area contributed by atoms with Gasteiger partial charge in [0.2, 0.25) is 5.58 Å². The van der Waals surface area contributed by atoms with E-state index in [-0.39, 0.29) is 28.2 Å². The molecule has 11 heteroatoms. The van der Waals surface area contributed by atoms with E-state index in [0.717, 1.165) is 16.5 Å². The Kier molecular flexibility index (Phi) is 5.32. The number of hydrogen-bond acceptors (Lipinski definition) is 5. The number of alkyl halides is 3. The van der Waals surface area contributed by atoms with Crippen LogP contribution >= 0.6 is 0 Å². The third-order valence-corrected chi connectivity index (χ3v) is 4.84. The number of benzene rings is 3. The van der Waals surface area contributed by atoms with Crippen molar-refractivity contribution in [3.8, 4) is 16.9 Å². The van der Waals surface area contributed by atoms with E-state index in [4.69, 9.17) is 16.0 Å². The molecule has 4 rings (SSSR count). The van der Waals surface area contributed by atoms with Crippen molar-refractivity contribution >= 4 is 34.2 Å². The van der Waals surface area contributed by atoms with E-state index in [0.29, 0.717) is 11.1 Å². The zero-order valence-electron chi connectivity index (χ0n) is 17.0. The maximum Gasteiger partial charge on any atom is 0.573 e. The number of anilines is 3. The van der Waals surface area contributed by atoms with Crippen LogP contribution in [0.5, 0.6) is 5.75 Å². The number of aromatic nitrogens is 1. The van der Waals surface area contributed by atoms with Crippen LogP contribution in [0.1, 0.15) is 5.56 Å². The molecule has 0 aliphatic rings. The fourth-order valence-corrected chi connectivity index (χ4v) is 3.46. The first-order chi connectivity index (χ1) is 15.5. The molecular formula is C22H16F4N4O3. The van der Waals surface area contributed by atoms with E-state index < -0.39 is 24.0 Å². The van der Waals surface area contributed by atoms with Crippen molar-refractivity contribution in [1.29, 1.82) is 0 Å². The van der Waals surface area contributed by atoms with Crippen LogP contribution in [-0.4, -0.2) is 17.6 Å². The standard InChI is InChI=1S/C22H16F4N4O3/c1-11-2-8-15(23)16(10-11)30(21(28)31)13-5-3-12(4-6-13)14-7-9-17(32-22(24,25)26)19-18(14)20(27)29-33-19/h2-10H,1H3,(H2,27,29)(H2,28,31). The minimum Gasteiger partial charge on any atom is -0.402 e. The first-order valence-corrected chi connectivity index (χ1v) is 9.45. The predicted molar refractivity (Wildman–Crippen MR) is 113 cm³/mol. The summed E-state index contributed by atoms with van der Waals surface area (Å²) in [5.41, 5.74) is 13.0. The van der Waals surface area contributed by atoms with Crippen LogP contribution in [0.15, 0.2) is 59.1 Å². The second-order valence-corrected chi connectivity index (χ2v) is 7.11. The number of fused-ring (bicyclic) bond motifs is 1. The third kappa shape index (κ3) is 4.25. The number of nitrogens with two attached hydrogens (primary N) is 2. The van der Waals surface area contributed by atoms with Crippen LogP contribution in [0.3, 0.4) is 0 Å². The number of aryl methyl sites for hydroxylation is 1. The number of rotatable bonds is 4. The summed E-state index contributed by atoms with van der Waals surface area (Å²) in [6.07, 6.45) is -4.93. The molecule has 4 aromatic rings. The summed E-state index contributed by atoms with van der Waals surface area (Å²) < 4.78 is 61.4. The monoisotopic (exact) mass is 460 g/mol. The second-order valence-electron chi connectivity index (χ2n) is 7.11. The summed E-state index contributed by atoms with van der Waals surface area (Å²) in [7, 11) is 0. The number of carbonyl (C=O) groups excluding carboxylic acids is 1. The van der Waals surface area contributed by atoms with E-state index in [1.807, 2.05) is 0 Å². The summed E-state index contributed by atoms with van der Waals surface area (Å²) in [6.45, 7) is 1.74. The molecule has 0 unspecified atom stereocenters. The van der Waals surface area contributed by atoms with Gasteiger partial charge in [0.05, 0.1) is 16.8 Å². The van der Waals surface area contributed by atoms with E-state index in [2.05, 4.69) is 9.89 Å². The van der Waals surface area contributed by atoms with Gasteiger partial charge >= 0.3 is 12.4 Å². The van der Waals surface area contributed by atoms with E-state index >= 15 is 0 Å². The SMILES string of the molecule is Cc1ccc(F)c(N(C(N)=O)c2ccc(-c3ccc(OC(F)(F)F)c4onc(N)c34)cc2)c1. The van der Waals surface area contributed by atoms with Gasteiger partial charge < -0.3 is 20.7 Å². The van der Waals surface area contributed by atoms with Crippen LogP contribution in [0, 0.1) is 12.7 Å². The van der Waals surface area contributed by atoms with Crippen LogP contribution in [-0.2, 0) is 0 Å². The van der Waals surface area contributed by atoms with Gasteiger partial charge in [-0.25, -0.2) is 9.18 Å². The van der Waals surface area contributed by atoms with Crippen LogP contribution in [0.4, 0.5) is 39.5 Å². The number of carbonyl (C=O) groups is 1. The lowest BCUT2D eigenvalue weighted by Gasteiger charge is -2.22. The van der Waals surface area contributed by atoms with Crippen molar-refractivity contribution in [3.05, 3.63) is 66.0 Å². The van der Waals surface area contributed by atoms with Crippen molar-refractivity contribution in [2.75, 3.05) is 10.6 Å². The summed E-state index contributed by atoms with van der Waals surface area (Å²) >= 11 is 0. The number of primary amides is 1. The molecule has 7 nitrogen and oxygen atoms in total. The molecule has 2 amide bonds. The molecule has 0 fully saturated rings. The zero-order valence-corrected chi connectivity index (χ0v) is 17.0. The molecule has 0 atom stereocenters. The molecule has 3 aromatic carbocycles. The maximum absolute atomic E-state index is 14.4. The smallest absolute Gasteiger partial charge is 0.402 e. The minimum atomic E-state index is -4.93. The van der Waals surface area contributed by atoms with Gasteiger partial charge in [0.25, 0.3) is 0 Å². The molecule has 0 aliphatic heterocycles. The van der Waals surface area contributed by atoms with Gasteiger partial charge in [0.1, 0.15) is 5.82 Å². The number of urea groups is 1. The molecule has 0 spiro atoms. The molecule has 0 bridgehead atoms. The third-order valence-electron chi connectivity index (χ3n) is 4.84. The van der Waals surface area contributed by atoms with Gasteiger partial charge in [-0.15, -0.1) is 13.2 Å². The highest BCUT2D eigenvalue weighted by molar-refractivity contribution is 6.04. The number of nitrogen functional groups attached to an aromatic ring is 1. The molecule has 1 aromatic heterocycles. The second kappa shape index (κ2) is 8.01. The minimum absolute atomic E-state index is 0.0189. The average molecular weight is 460 g/mol. The highest BCUT2D eigenvalue weighted by atomic mass is 19.4. The molecule has 0 saturated carbocycles. The molecule has 0 aliphatic carbocycles. The van der Waals surface area contributed by atoms with Gasteiger partial charge in [-0.05, 0) is 60.0 Å². The van der Waals surface area contributed by atoms with Crippen LogP contribution in [0.25, 0.3) is 22.1 Å². The Labute approximate surface area is 184 Å². The number of nitrogens with zero attached hydrogens (tertiary/aromatic N) is 2. The molecule has 4 N–H and O–H groups in total. The molecule has 33 heavy (non-hydrogen) atoms. The van der Waals surface area contributed by atoms with E-state index in [1.54, 1.807) is 25.1 Å². The van der Waals surface area contributed by atoms with Crippen molar-refractivity contribution < 1.29 is 31.6 Å². The molecule has 0 radical (unpaired) electrons. The fraction of sp³-hybridized carbons (Fsp3) is 0.0909. The summed E-state index contributed by atoms with van der Waals surface area (Å²) in [4.78, 5) is 13.1. The topological polar surface area (TPSA) is 108 Å². The Morgan fingerprint density at radius 1 is 1.09 bits per heavy atom. The normalized spacial score (nSPS) is 11.5. The highest BCUT2D eigenvalue weighted by Crippen LogP contribution is 2.40. The Balaban J connectivity index is 1.77. The number of amides is 2. The Morgan fingerprint density at radius 3 is 2.42 bits per heavy atom. The number of hydrogen-bond donors (Lipinski definition) is 2. The lowest BCUT2D eigenvalue weighted by Crippen LogP contribution is -2.32. The predicted octanol–water partition coefficient (Wildman–Crippen LogP) is 5.64. The Hall–Kier alpha value is -4.28. The molecule has 1 heterocycles. The summed E-state index contributed by atoms with van der Waals surface area (Å²) in [5.74, 6) is -1.35. The Bertz CT molecular complexity index is 1350. The van der Waals surface area contributed by atoms with Gasteiger partial charge in [-0.3, -0.25) is 4.90 Å². The lowest BCUT2D eigenvalue weighted by molar-refractivity contribution is -0.274. The van der Waals surface area contributed by atoms with Crippen LogP contribution in [0.2, 0.25) is 0 Å². The summed E-state index contributed by atoms with van der Waals surface area (Å²) in [5, 5.41) is 3.67. The van der Waals surface area contributed by atoms with Gasteiger partial charge in [-0.1, -0.05) is 23.4 Å². The highest BCUT2D eigenvalue weighted by Gasteiger charge is 2.33. The fourth-order valence-electron chi connectivity index (χ4n) is 3.46. The zero-order chi connectivity index (χ0) is 23.9. The van der Waals surface area contributed by atoms with E-state index in [1.165, 1.54) is 30.3 Å². The van der Waals surface area contributed by atoms with Gasteiger partial charge in [0, 0.05) is 0 Å².